The average molecular weight is 348 g/mol. The van der Waals surface area contributed by atoms with Gasteiger partial charge in [0, 0.05) is 17.4 Å². The number of nitrogens with one attached hydrogen (secondary N) is 3. The van der Waals surface area contributed by atoms with Gasteiger partial charge < -0.3 is 20.7 Å². The Morgan fingerprint density at radius 2 is 2.08 bits per heavy atom. The summed E-state index contributed by atoms with van der Waals surface area (Å²) >= 11 is 1.55. The van der Waals surface area contributed by atoms with E-state index in [4.69, 9.17) is 5.11 Å². The predicted molar refractivity (Wildman–Crippen MR) is 94.2 cm³/mol. The van der Waals surface area contributed by atoms with Crippen molar-refractivity contribution in [2.45, 2.75) is 19.0 Å². The Balaban J connectivity index is 1.91. The van der Waals surface area contributed by atoms with Gasteiger partial charge >= 0.3 is 5.97 Å². The largest absolute Gasteiger partial charge is 0.480 e. The summed E-state index contributed by atoms with van der Waals surface area (Å²) in [5, 5.41) is 14.9. The van der Waals surface area contributed by atoms with Crippen molar-refractivity contribution in [3.8, 4) is 0 Å². The van der Waals surface area contributed by atoms with E-state index in [0.29, 0.717) is 24.3 Å². The second kappa shape index (κ2) is 8.97. The van der Waals surface area contributed by atoms with Crippen molar-refractivity contribution in [2.75, 3.05) is 17.3 Å². The molecule has 128 valence electrons. The molecule has 1 aromatic heterocycles. The molecule has 1 amide bonds. The highest BCUT2D eigenvalue weighted by molar-refractivity contribution is 7.98. The van der Waals surface area contributed by atoms with Gasteiger partial charge in [0.05, 0.1) is 18.6 Å². The topological polar surface area (TPSA) is 107 Å². The number of carbonyl (C=O) groups is 2. The first-order valence-corrected chi connectivity index (χ1v) is 8.83. The molecular weight excluding hydrogens is 328 g/mol. The number of H-pyrrole nitrogens is 1. The Bertz CT molecular complexity index is 658. The van der Waals surface area contributed by atoms with Gasteiger partial charge in [0.2, 0.25) is 0 Å². The van der Waals surface area contributed by atoms with Crippen molar-refractivity contribution < 1.29 is 14.7 Å². The van der Waals surface area contributed by atoms with E-state index in [1.54, 1.807) is 48.6 Å². The van der Waals surface area contributed by atoms with Crippen LogP contribution in [0.25, 0.3) is 0 Å². The van der Waals surface area contributed by atoms with E-state index in [9.17, 15) is 9.59 Å². The van der Waals surface area contributed by atoms with Crippen LogP contribution in [-0.4, -0.2) is 45.0 Å². The number of anilines is 1. The average Bonchev–Trinajstić information content (AvgIpc) is 3.10. The molecule has 0 aliphatic rings. The normalized spacial score (nSPS) is 11.7. The molecule has 0 radical (unpaired) electrons. The number of aliphatic carboxylic acids is 1. The van der Waals surface area contributed by atoms with Crippen LogP contribution in [0.2, 0.25) is 0 Å². The van der Waals surface area contributed by atoms with E-state index in [2.05, 4.69) is 20.6 Å². The predicted octanol–water partition coefficient (Wildman–Crippen LogP) is 1.96. The summed E-state index contributed by atoms with van der Waals surface area (Å²) in [6, 6.07) is 6.01. The number of carbonyl (C=O) groups excluding carboxylic acids is 1. The lowest BCUT2D eigenvalue weighted by Gasteiger charge is -2.14. The fraction of sp³-hybridized carbons (Fsp3) is 0.312. The molecule has 0 saturated heterocycles. The highest BCUT2D eigenvalue weighted by Crippen LogP contribution is 2.11. The van der Waals surface area contributed by atoms with E-state index in [0.717, 1.165) is 11.4 Å². The van der Waals surface area contributed by atoms with Gasteiger partial charge in [-0.25, -0.2) is 9.78 Å². The van der Waals surface area contributed by atoms with E-state index < -0.39 is 12.0 Å². The van der Waals surface area contributed by atoms with E-state index in [-0.39, 0.29) is 5.91 Å². The number of amides is 1. The van der Waals surface area contributed by atoms with Crippen molar-refractivity contribution in [2.24, 2.45) is 0 Å². The molecule has 8 heteroatoms. The summed E-state index contributed by atoms with van der Waals surface area (Å²) in [4.78, 5) is 30.3. The summed E-state index contributed by atoms with van der Waals surface area (Å²) < 4.78 is 0. The third-order valence-corrected chi connectivity index (χ3v) is 4.03. The molecule has 1 unspecified atom stereocenters. The molecule has 2 rings (SSSR count). The molecule has 1 heterocycles. The number of aromatic nitrogens is 2. The first kappa shape index (κ1) is 17.9. The fourth-order valence-electron chi connectivity index (χ4n) is 2.05. The van der Waals surface area contributed by atoms with Crippen molar-refractivity contribution in [1.29, 1.82) is 0 Å². The smallest absolute Gasteiger partial charge is 0.326 e. The first-order chi connectivity index (χ1) is 11.6. The molecule has 0 aliphatic carbocycles. The molecule has 7 nitrogen and oxygen atoms in total. The number of carboxylic acids is 1. The van der Waals surface area contributed by atoms with Crippen LogP contribution in [0, 0.1) is 0 Å². The number of nitrogens with zero attached hydrogens (tertiary/aromatic N) is 1. The van der Waals surface area contributed by atoms with Gasteiger partial charge in [-0.05, 0) is 42.7 Å². The van der Waals surface area contributed by atoms with Gasteiger partial charge in [-0.1, -0.05) is 0 Å². The maximum Gasteiger partial charge on any atom is 0.326 e. The number of hydrogen-bond donors (Lipinski definition) is 4. The molecule has 0 aliphatic heterocycles. The summed E-state index contributed by atoms with van der Waals surface area (Å²) in [6.07, 6.45) is 5.71. The summed E-state index contributed by atoms with van der Waals surface area (Å²) in [5.74, 6) is -0.732. The molecule has 0 fully saturated rings. The highest BCUT2D eigenvalue weighted by Gasteiger charge is 2.20. The maximum atomic E-state index is 12.2. The first-order valence-electron chi connectivity index (χ1n) is 7.44. The van der Waals surface area contributed by atoms with E-state index in [1.165, 1.54) is 0 Å². The van der Waals surface area contributed by atoms with Crippen LogP contribution in [0.1, 0.15) is 22.5 Å². The minimum Gasteiger partial charge on any atom is -0.480 e. The Labute approximate surface area is 144 Å². The molecule has 4 N–H and O–H groups in total. The minimum absolute atomic E-state index is 0.387. The van der Waals surface area contributed by atoms with Gasteiger partial charge in [0.25, 0.3) is 5.91 Å². The number of aromatic amines is 1. The molecule has 0 spiro atoms. The number of rotatable bonds is 9. The molecule has 0 saturated carbocycles. The minimum atomic E-state index is -1.02. The Kier molecular flexibility index (Phi) is 6.68. The molecular formula is C16H20N4O3S. The van der Waals surface area contributed by atoms with Crippen molar-refractivity contribution >= 4 is 29.3 Å². The van der Waals surface area contributed by atoms with Crippen LogP contribution in [0.4, 0.5) is 5.69 Å². The lowest BCUT2D eigenvalue weighted by Crippen LogP contribution is -2.41. The van der Waals surface area contributed by atoms with Crippen LogP contribution < -0.4 is 10.6 Å². The molecule has 0 bridgehead atoms. The van der Waals surface area contributed by atoms with Crippen LogP contribution in [0.5, 0.6) is 0 Å². The third kappa shape index (κ3) is 5.31. The molecule has 1 atom stereocenters. The third-order valence-electron chi connectivity index (χ3n) is 3.39. The monoisotopic (exact) mass is 348 g/mol. The zero-order chi connectivity index (χ0) is 17.4. The number of imidazole rings is 1. The van der Waals surface area contributed by atoms with Gasteiger partial charge in [0.15, 0.2) is 0 Å². The van der Waals surface area contributed by atoms with Crippen molar-refractivity contribution in [3.05, 3.63) is 48.0 Å². The lowest BCUT2D eigenvalue weighted by atomic mass is 10.1. The zero-order valence-electron chi connectivity index (χ0n) is 13.3. The second-order valence-corrected chi connectivity index (χ2v) is 6.12. The summed E-state index contributed by atoms with van der Waals surface area (Å²) in [7, 11) is 0. The summed E-state index contributed by atoms with van der Waals surface area (Å²) in [6.45, 7) is 0.574. The quantitative estimate of drug-likeness (QED) is 0.552. The van der Waals surface area contributed by atoms with Crippen LogP contribution in [0.15, 0.2) is 36.8 Å². The summed E-state index contributed by atoms with van der Waals surface area (Å²) in [5.41, 5.74) is 2.16. The maximum absolute atomic E-state index is 12.2. The Morgan fingerprint density at radius 3 is 2.67 bits per heavy atom. The van der Waals surface area contributed by atoms with Gasteiger partial charge in [-0.3, -0.25) is 4.79 Å². The van der Waals surface area contributed by atoms with Gasteiger partial charge in [0.1, 0.15) is 6.04 Å². The number of carboxylic acid groups (broad SMARTS) is 1. The van der Waals surface area contributed by atoms with E-state index >= 15 is 0 Å². The van der Waals surface area contributed by atoms with Crippen LogP contribution in [0.3, 0.4) is 0 Å². The van der Waals surface area contributed by atoms with E-state index in [1.807, 2.05) is 6.26 Å². The van der Waals surface area contributed by atoms with Gasteiger partial charge in [-0.15, -0.1) is 0 Å². The second-order valence-electron chi connectivity index (χ2n) is 5.14. The van der Waals surface area contributed by atoms with Crippen molar-refractivity contribution in [1.82, 2.24) is 15.3 Å². The van der Waals surface area contributed by atoms with Crippen molar-refractivity contribution in [3.63, 3.8) is 0 Å². The fourth-order valence-corrected chi connectivity index (χ4v) is 2.53. The Hall–Kier alpha value is -2.48. The molecule has 24 heavy (non-hydrogen) atoms. The van der Waals surface area contributed by atoms with Crippen LogP contribution >= 0.6 is 11.8 Å². The highest BCUT2D eigenvalue weighted by atomic mass is 32.2. The SMILES string of the molecule is CSCCC(NC(=O)c1ccc(NCc2c[nH]cn2)cc1)C(=O)O. The Morgan fingerprint density at radius 1 is 1.33 bits per heavy atom. The van der Waals surface area contributed by atoms with Crippen LogP contribution in [-0.2, 0) is 11.3 Å². The van der Waals surface area contributed by atoms with Gasteiger partial charge in [-0.2, -0.15) is 11.8 Å². The number of hydrogen-bond acceptors (Lipinski definition) is 5. The zero-order valence-corrected chi connectivity index (χ0v) is 14.1. The molecule has 2 aromatic rings. The number of thioether (sulfide) groups is 1. The lowest BCUT2D eigenvalue weighted by molar-refractivity contribution is -0.139. The number of benzene rings is 1. The molecule has 1 aromatic carbocycles. The standard InChI is InChI=1S/C16H20N4O3S/c1-24-7-6-14(16(22)23)20-15(21)11-2-4-12(5-3-11)18-9-13-8-17-10-19-13/h2-5,8,10,14,18H,6-7,9H2,1H3,(H,17,19)(H,20,21)(H,22,23).